The molecule has 1 spiro atoms. The van der Waals surface area contributed by atoms with Crippen LogP contribution < -0.4 is 11.1 Å². The van der Waals surface area contributed by atoms with Crippen LogP contribution in [-0.4, -0.2) is 24.4 Å². The Kier molecular flexibility index (Phi) is 2.35. The predicted molar refractivity (Wildman–Crippen MR) is 78.9 cm³/mol. The van der Waals surface area contributed by atoms with Crippen molar-refractivity contribution in [2.45, 2.75) is 11.8 Å². The molecule has 1 amide bonds. The Hall–Kier alpha value is -2.94. The summed E-state index contributed by atoms with van der Waals surface area (Å²) in [6.45, 7) is 0.730. The summed E-state index contributed by atoms with van der Waals surface area (Å²) >= 11 is 0. The van der Waals surface area contributed by atoms with Crippen molar-refractivity contribution in [1.29, 1.82) is 5.26 Å². The van der Waals surface area contributed by atoms with Crippen molar-refractivity contribution in [3.05, 3.63) is 52.7 Å². The van der Waals surface area contributed by atoms with Gasteiger partial charge in [0, 0.05) is 30.4 Å². The van der Waals surface area contributed by atoms with E-state index in [0.29, 0.717) is 12.3 Å². The molecule has 0 aliphatic carbocycles. The largest absolute Gasteiger partial charge is 0.424 e. The highest BCUT2D eigenvalue weighted by Crippen LogP contribution is 2.54. The Morgan fingerprint density at radius 1 is 1.45 bits per heavy atom. The summed E-state index contributed by atoms with van der Waals surface area (Å²) in [5.41, 5.74) is 7.28. The van der Waals surface area contributed by atoms with Crippen molar-refractivity contribution in [3.8, 4) is 6.07 Å². The SMILES string of the molecule is CN1CCC2=C1OC(N)=C(C#N)C21C(=O)Nc2ccccc21. The van der Waals surface area contributed by atoms with E-state index in [1.165, 1.54) is 0 Å². The van der Waals surface area contributed by atoms with Gasteiger partial charge in [-0.1, -0.05) is 18.2 Å². The second kappa shape index (κ2) is 4.04. The molecule has 1 unspecified atom stereocenters. The van der Waals surface area contributed by atoms with E-state index in [1.54, 1.807) is 0 Å². The number of benzene rings is 1. The molecule has 0 fully saturated rings. The summed E-state index contributed by atoms with van der Waals surface area (Å²) in [6.07, 6.45) is 0.659. The van der Waals surface area contributed by atoms with Gasteiger partial charge in [-0.05, 0) is 12.5 Å². The fourth-order valence-electron chi connectivity index (χ4n) is 3.64. The maximum Gasteiger partial charge on any atom is 0.244 e. The molecule has 0 aromatic heterocycles. The van der Waals surface area contributed by atoms with Crippen molar-refractivity contribution >= 4 is 11.6 Å². The number of amides is 1. The number of rotatable bonds is 0. The molecular formula is C16H14N4O2. The van der Waals surface area contributed by atoms with E-state index in [0.717, 1.165) is 23.4 Å². The second-order valence-electron chi connectivity index (χ2n) is 5.66. The molecule has 3 aliphatic heterocycles. The molecule has 3 aliphatic rings. The van der Waals surface area contributed by atoms with Crippen LogP contribution in [0.15, 0.2) is 47.2 Å². The molecule has 1 aromatic rings. The number of carbonyl (C=O) groups is 1. The van der Waals surface area contributed by atoms with Gasteiger partial charge >= 0.3 is 0 Å². The summed E-state index contributed by atoms with van der Waals surface area (Å²) in [6, 6.07) is 9.52. The van der Waals surface area contributed by atoms with Gasteiger partial charge in [-0.15, -0.1) is 0 Å². The lowest BCUT2D eigenvalue weighted by Crippen LogP contribution is -2.42. The van der Waals surface area contributed by atoms with Crippen molar-refractivity contribution < 1.29 is 9.53 Å². The molecule has 3 N–H and O–H groups in total. The molecule has 110 valence electrons. The molecule has 4 rings (SSSR count). The number of ether oxygens (including phenoxy) is 1. The summed E-state index contributed by atoms with van der Waals surface area (Å²) in [7, 11) is 1.89. The number of nitrogens with one attached hydrogen (secondary N) is 1. The molecule has 0 radical (unpaired) electrons. The fraction of sp³-hybridized carbons (Fsp3) is 0.250. The molecular weight excluding hydrogens is 280 g/mol. The van der Waals surface area contributed by atoms with E-state index in [2.05, 4.69) is 11.4 Å². The van der Waals surface area contributed by atoms with Gasteiger partial charge in [0.1, 0.15) is 17.1 Å². The number of anilines is 1. The lowest BCUT2D eigenvalue weighted by Gasteiger charge is -2.33. The van der Waals surface area contributed by atoms with Gasteiger partial charge in [-0.3, -0.25) is 4.79 Å². The van der Waals surface area contributed by atoms with E-state index in [-0.39, 0.29) is 17.4 Å². The van der Waals surface area contributed by atoms with Crippen LogP contribution in [0.5, 0.6) is 0 Å². The Labute approximate surface area is 127 Å². The number of nitrogens with two attached hydrogens (primary N) is 1. The number of hydrogen-bond acceptors (Lipinski definition) is 5. The Bertz CT molecular complexity index is 818. The maximum atomic E-state index is 12.9. The minimum absolute atomic E-state index is 0.00172. The van der Waals surface area contributed by atoms with E-state index in [1.807, 2.05) is 36.2 Å². The molecule has 0 saturated carbocycles. The normalized spacial score (nSPS) is 25.8. The first kappa shape index (κ1) is 12.8. The molecule has 6 heteroatoms. The molecule has 0 bridgehead atoms. The summed E-state index contributed by atoms with van der Waals surface area (Å²) in [5.74, 6) is 0.351. The van der Waals surface area contributed by atoms with Gasteiger partial charge in [-0.25, -0.2) is 0 Å². The van der Waals surface area contributed by atoms with E-state index in [9.17, 15) is 10.1 Å². The van der Waals surface area contributed by atoms with Gasteiger partial charge < -0.3 is 20.7 Å². The number of para-hydroxylation sites is 1. The first-order valence-electron chi connectivity index (χ1n) is 7.04. The third kappa shape index (κ3) is 1.26. The summed E-state index contributed by atoms with van der Waals surface area (Å²) < 4.78 is 5.64. The predicted octanol–water partition coefficient (Wildman–Crippen LogP) is 1.15. The van der Waals surface area contributed by atoms with Gasteiger partial charge in [0.25, 0.3) is 0 Å². The fourth-order valence-corrected chi connectivity index (χ4v) is 3.64. The van der Waals surface area contributed by atoms with Crippen LogP contribution in [0, 0.1) is 11.3 Å². The first-order valence-corrected chi connectivity index (χ1v) is 7.04. The van der Waals surface area contributed by atoms with Gasteiger partial charge in [0.2, 0.25) is 11.8 Å². The average Bonchev–Trinajstić information content (AvgIpc) is 3.00. The summed E-state index contributed by atoms with van der Waals surface area (Å²) in [4.78, 5) is 14.8. The van der Waals surface area contributed by atoms with Crippen LogP contribution in [0.25, 0.3) is 0 Å². The maximum absolute atomic E-state index is 12.9. The standard InChI is InChI=1S/C16H14N4O2/c1-20-7-6-10-14(20)22-13(18)11(8-17)16(10)9-4-2-3-5-12(9)19-15(16)21/h2-5H,6-7,18H2,1H3,(H,19,21). The monoisotopic (exact) mass is 294 g/mol. The number of nitriles is 1. The number of hydrogen-bond donors (Lipinski definition) is 2. The minimum Gasteiger partial charge on any atom is -0.424 e. The highest BCUT2D eigenvalue weighted by Gasteiger charge is 2.58. The first-order chi connectivity index (χ1) is 10.6. The smallest absolute Gasteiger partial charge is 0.244 e. The highest BCUT2D eigenvalue weighted by molar-refractivity contribution is 6.12. The van der Waals surface area contributed by atoms with Crippen LogP contribution in [0.3, 0.4) is 0 Å². The number of fused-ring (bicyclic) bond motifs is 3. The lowest BCUT2D eigenvalue weighted by atomic mass is 9.68. The molecule has 22 heavy (non-hydrogen) atoms. The summed E-state index contributed by atoms with van der Waals surface area (Å²) in [5, 5.41) is 12.5. The van der Waals surface area contributed by atoms with Crippen molar-refractivity contribution in [2.24, 2.45) is 5.73 Å². The Morgan fingerprint density at radius 2 is 2.23 bits per heavy atom. The molecule has 1 aromatic carbocycles. The van der Waals surface area contributed by atoms with Crippen molar-refractivity contribution in [3.63, 3.8) is 0 Å². The van der Waals surface area contributed by atoms with Crippen molar-refractivity contribution in [1.82, 2.24) is 4.90 Å². The topological polar surface area (TPSA) is 91.4 Å². The molecule has 3 heterocycles. The van der Waals surface area contributed by atoms with Gasteiger partial charge in [0.15, 0.2) is 5.88 Å². The number of carbonyl (C=O) groups excluding carboxylic acids is 1. The Balaban J connectivity index is 2.09. The minimum atomic E-state index is -1.16. The van der Waals surface area contributed by atoms with Gasteiger partial charge in [0.05, 0.1) is 0 Å². The zero-order valence-electron chi connectivity index (χ0n) is 12.0. The second-order valence-corrected chi connectivity index (χ2v) is 5.66. The molecule has 6 nitrogen and oxygen atoms in total. The molecule has 1 atom stereocenters. The van der Waals surface area contributed by atoms with Crippen LogP contribution >= 0.6 is 0 Å². The van der Waals surface area contributed by atoms with Crippen molar-refractivity contribution in [2.75, 3.05) is 18.9 Å². The zero-order chi connectivity index (χ0) is 15.5. The zero-order valence-corrected chi connectivity index (χ0v) is 12.0. The lowest BCUT2D eigenvalue weighted by molar-refractivity contribution is -0.118. The highest BCUT2D eigenvalue weighted by atomic mass is 16.5. The van der Waals surface area contributed by atoms with Crippen LogP contribution in [-0.2, 0) is 14.9 Å². The molecule has 0 saturated heterocycles. The third-order valence-corrected chi connectivity index (χ3v) is 4.61. The van der Waals surface area contributed by atoms with Gasteiger partial charge in [-0.2, -0.15) is 5.26 Å². The quantitative estimate of drug-likeness (QED) is 0.749. The van der Waals surface area contributed by atoms with Crippen LogP contribution in [0.4, 0.5) is 5.69 Å². The van der Waals surface area contributed by atoms with Crippen LogP contribution in [0.1, 0.15) is 12.0 Å². The van der Waals surface area contributed by atoms with E-state index >= 15 is 0 Å². The average molecular weight is 294 g/mol. The third-order valence-electron chi connectivity index (χ3n) is 4.61. The van der Waals surface area contributed by atoms with E-state index in [4.69, 9.17) is 10.5 Å². The Morgan fingerprint density at radius 3 is 3.00 bits per heavy atom. The van der Waals surface area contributed by atoms with Crippen LogP contribution in [0.2, 0.25) is 0 Å². The van der Waals surface area contributed by atoms with E-state index < -0.39 is 5.41 Å². The number of nitrogens with zero attached hydrogens (tertiary/aromatic N) is 2.